The SMILES string of the molecule is Cc1c(C)c(C(C)C)n(CCN2CCOCC2)c1C. The van der Waals surface area contributed by atoms with Crippen molar-refractivity contribution in [1.29, 1.82) is 0 Å². The molecular weight excluding hydrogens is 236 g/mol. The first-order valence-corrected chi connectivity index (χ1v) is 7.48. The van der Waals surface area contributed by atoms with Crippen molar-refractivity contribution in [2.75, 3.05) is 32.8 Å². The molecule has 0 spiro atoms. The van der Waals surface area contributed by atoms with Gasteiger partial charge in [0.05, 0.1) is 13.2 Å². The molecule has 1 aliphatic rings. The lowest BCUT2D eigenvalue weighted by Gasteiger charge is -2.27. The van der Waals surface area contributed by atoms with Crippen molar-refractivity contribution in [2.24, 2.45) is 0 Å². The fourth-order valence-corrected chi connectivity index (χ4v) is 3.15. The van der Waals surface area contributed by atoms with Gasteiger partial charge in [-0.25, -0.2) is 0 Å². The van der Waals surface area contributed by atoms with Gasteiger partial charge in [0.1, 0.15) is 0 Å². The van der Waals surface area contributed by atoms with Crippen LogP contribution in [0.25, 0.3) is 0 Å². The Balaban J connectivity index is 2.12. The second-order valence-electron chi connectivity index (χ2n) is 5.98. The summed E-state index contributed by atoms with van der Waals surface area (Å²) >= 11 is 0. The Labute approximate surface area is 117 Å². The average molecular weight is 264 g/mol. The van der Waals surface area contributed by atoms with Crippen molar-refractivity contribution >= 4 is 0 Å². The van der Waals surface area contributed by atoms with E-state index in [2.05, 4.69) is 44.1 Å². The molecule has 1 fully saturated rings. The van der Waals surface area contributed by atoms with Gasteiger partial charge in [0, 0.05) is 37.6 Å². The number of hydrogen-bond donors (Lipinski definition) is 0. The van der Waals surface area contributed by atoms with Crippen LogP contribution in [0.2, 0.25) is 0 Å². The molecule has 0 amide bonds. The van der Waals surface area contributed by atoms with E-state index in [1.807, 2.05) is 0 Å². The van der Waals surface area contributed by atoms with Crippen molar-refractivity contribution < 1.29 is 4.74 Å². The fraction of sp³-hybridized carbons (Fsp3) is 0.750. The van der Waals surface area contributed by atoms with Gasteiger partial charge in [0.25, 0.3) is 0 Å². The highest BCUT2D eigenvalue weighted by Gasteiger charge is 2.18. The Morgan fingerprint density at radius 3 is 2.21 bits per heavy atom. The highest BCUT2D eigenvalue weighted by atomic mass is 16.5. The number of aromatic nitrogens is 1. The van der Waals surface area contributed by atoms with Gasteiger partial charge in [-0.15, -0.1) is 0 Å². The standard InChI is InChI=1S/C16H28N2O/c1-12(2)16-14(4)13(3)15(5)18(16)7-6-17-8-10-19-11-9-17/h12H,6-11H2,1-5H3. The molecule has 0 unspecified atom stereocenters. The summed E-state index contributed by atoms with van der Waals surface area (Å²) in [5.41, 5.74) is 5.90. The van der Waals surface area contributed by atoms with Crippen LogP contribution >= 0.6 is 0 Å². The first kappa shape index (κ1) is 14.6. The van der Waals surface area contributed by atoms with Crippen LogP contribution in [0.4, 0.5) is 0 Å². The molecule has 0 aliphatic carbocycles. The topological polar surface area (TPSA) is 17.4 Å². The molecule has 3 heteroatoms. The van der Waals surface area contributed by atoms with E-state index in [0.717, 1.165) is 39.4 Å². The lowest BCUT2D eigenvalue weighted by atomic mass is 10.0. The summed E-state index contributed by atoms with van der Waals surface area (Å²) < 4.78 is 7.94. The molecule has 1 saturated heterocycles. The van der Waals surface area contributed by atoms with Crippen molar-refractivity contribution in [1.82, 2.24) is 9.47 Å². The summed E-state index contributed by atoms with van der Waals surface area (Å²) in [5.74, 6) is 0.595. The fourth-order valence-electron chi connectivity index (χ4n) is 3.15. The second kappa shape index (κ2) is 6.10. The number of rotatable bonds is 4. The zero-order valence-electron chi connectivity index (χ0n) is 13.1. The third-order valence-corrected chi connectivity index (χ3v) is 4.48. The summed E-state index contributed by atoms with van der Waals surface area (Å²) in [6.07, 6.45) is 0. The monoisotopic (exact) mass is 264 g/mol. The number of nitrogens with zero attached hydrogens (tertiary/aromatic N) is 2. The largest absolute Gasteiger partial charge is 0.379 e. The lowest BCUT2D eigenvalue weighted by Crippen LogP contribution is -2.38. The summed E-state index contributed by atoms with van der Waals surface area (Å²) in [4.78, 5) is 2.51. The van der Waals surface area contributed by atoms with Gasteiger partial charge in [0.15, 0.2) is 0 Å². The third-order valence-electron chi connectivity index (χ3n) is 4.48. The zero-order valence-corrected chi connectivity index (χ0v) is 13.1. The van der Waals surface area contributed by atoms with Gasteiger partial charge in [-0.2, -0.15) is 0 Å². The molecule has 3 nitrogen and oxygen atoms in total. The van der Waals surface area contributed by atoms with Crippen molar-refractivity contribution in [3.8, 4) is 0 Å². The van der Waals surface area contributed by atoms with Crippen molar-refractivity contribution in [3.05, 3.63) is 22.5 Å². The van der Waals surface area contributed by atoms with E-state index in [1.165, 1.54) is 22.5 Å². The van der Waals surface area contributed by atoms with Gasteiger partial charge in [-0.05, 0) is 37.8 Å². The van der Waals surface area contributed by atoms with E-state index in [4.69, 9.17) is 4.74 Å². The maximum Gasteiger partial charge on any atom is 0.0594 e. The van der Waals surface area contributed by atoms with E-state index < -0.39 is 0 Å². The Bertz CT molecular complexity index is 428. The summed E-state index contributed by atoms with van der Waals surface area (Å²) in [6.45, 7) is 17.5. The third kappa shape index (κ3) is 3.03. The van der Waals surface area contributed by atoms with Crippen LogP contribution in [0.15, 0.2) is 0 Å². The second-order valence-corrected chi connectivity index (χ2v) is 5.98. The van der Waals surface area contributed by atoms with Gasteiger partial charge in [-0.1, -0.05) is 13.8 Å². The first-order chi connectivity index (χ1) is 9.02. The highest BCUT2D eigenvalue weighted by molar-refractivity contribution is 5.37. The predicted octanol–water partition coefficient (Wildman–Crippen LogP) is 2.87. The van der Waals surface area contributed by atoms with E-state index in [0.29, 0.717) is 5.92 Å². The molecule has 0 saturated carbocycles. The summed E-state index contributed by atoms with van der Waals surface area (Å²) in [6, 6.07) is 0. The van der Waals surface area contributed by atoms with Crippen LogP contribution in [-0.2, 0) is 11.3 Å². The molecule has 0 N–H and O–H groups in total. The zero-order chi connectivity index (χ0) is 14.0. The molecule has 2 heterocycles. The maximum atomic E-state index is 5.41. The Morgan fingerprint density at radius 2 is 1.63 bits per heavy atom. The normalized spacial score (nSPS) is 17.4. The highest BCUT2D eigenvalue weighted by Crippen LogP contribution is 2.27. The number of hydrogen-bond acceptors (Lipinski definition) is 2. The van der Waals surface area contributed by atoms with Gasteiger partial charge in [-0.3, -0.25) is 4.90 Å². The minimum Gasteiger partial charge on any atom is -0.379 e. The molecule has 1 aromatic rings. The number of morpholine rings is 1. The molecular formula is C16H28N2O. The lowest BCUT2D eigenvalue weighted by molar-refractivity contribution is 0.0362. The molecule has 0 atom stereocenters. The van der Waals surface area contributed by atoms with Crippen molar-refractivity contribution in [3.63, 3.8) is 0 Å². The molecule has 1 aromatic heterocycles. The van der Waals surface area contributed by atoms with E-state index in [9.17, 15) is 0 Å². The minimum absolute atomic E-state index is 0.595. The molecule has 2 rings (SSSR count). The van der Waals surface area contributed by atoms with Crippen LogP contribution in [0.5, 0.6) is 0 Å². The van der Waals surface area contributed by atoms with E-state index >= 15 is 0 Å². The van der Waals surface area contributed by atoms with Crippen LogP contribution in [0.1, 0.15) is 42.3 Å². The van der Waals surface area contributed by atoms with Crippen LogP contribution < -0.4 is 0 Å². The van der Waals surface area contributed by atoms with Crippen molar-refractivity contribution in [2.45, 2.75) is 47.1 Å². The molecule has 0 aromatic carbocycles. The molecule has 108 valence electrons. The molecule has 0 bridgehead atoms. The Hall–Kier alpha value is -0.800. The quantitative estimate of drug-likeness (QED) is 0.832. The van der Waals surface area contributed by atoms with Crippen LogP contribution in [-0.4, -0.2) is 42.3 Å². The van der Waals surface area contributed by atoms with E-state index in [1.54, 1.807) is 0 Å². The molecule has 0 radical (unpaired) electrons. The summed E-state index contributed by atoms with van der Waals surface area (Å²) in [5, 5.41) is 0. The predicted molar refractivity (Wildman–Crippen MR) is 80.0 cm³/mol. The first-order valence-electron chi connectivity index (χ1n) is 7.48. The Morgan fingerprint density at radius 1 is 1.00 bits per heavy atom. The van der Waals surface area contributed by atoms with Crippen LogP contribution in [0.3, 0.4) is 0 Å². The summed E-state index contributed by atoms with van der Waals surface area (Å²) in [7, 11) is 0. The van der Waals surface area contributed by atoms with Gasteiger partial charge >= 0.3 is 0 Å². The Kier molecular flexibility index (Phi) is 4.69. The van der Waals surface area contributed by atoms with Gasteiger partial charge in [0.2, 0.25) is 0 Å². The number of ether oxygens (including phenoxy) is 1. The van der Waals surface area contributed by atoms with Crippen LogP contribution in [0, 0.1) is 20.8 Å². The maximum absolute atomic E-state index is 5.41. The minimum atomic E-state index is 0.595. The molecule has 1 aliphatic heterocycles. The van der Waals surface area contributed by atoms with E-state index in [-0.39, 0.29) is 0 Å². The molecule has 19 heavy (non-hydrogen) atoms. The smallest absolute Gasteiger partial charge is 0.0594 e. The average Bonchev–Trinajstić information content (AvgIpc) is 2.62. The van der Waals surface area contributed by atoms with Gasteiger partial charge < -0.3 is 9.30 Å².